The highest BCUT2D eigenvalue weighted by Gasteiger charge is 2.04. The number of aliphatic hydroxyl groups excluding tert-OH is 1. The molecule has 0 atom stereocenters. The average molecular weight is 234 g/mol. The largest absolute Gasteiger partial charge is 0.396 e. The van der Waals surface area contributed by atoms with E-state index in [1.54, 1.807) is 11.8 Å². The van der Waals surface area contributed by atoms with E-state index < -0.39 is 0 Å². The van der Waals surface area contributed by atoms with Crippen molar-refractivity contribution in [2.45, 2.75) is 18.4 Å². The normalized spacial score (nSPS) is 10.9. The van der Waals surface area contributed by atoms with Gasteiger partial charge in [-0.1, -0.05) is 12.1 Å². The quantitative estimate of drug-likeness (QED) is 0.652. The van der Waals surface area contributed by atoms with Gasteiger partial charge in [0.2, 0.25) is 0 Å². The minimum Gasteiger partial charge on any atom is -0.396 e. The Labute approximate surface area is 98.9 Å². The Morgan fingerprint density at radius 2 is 1.88 bits per heavy atom. The summed E-state index contributed by atoms with van der Waals surface area (Å²) in [5.74, 6) is 0.879. The highest BCUT2D eigenvalue weighted by molar-refractivity contribution is 7.99. The molecular formula is C12H14N2OS. The van der Waals surface area contributed by atoms with Gasteiger partial charge in [0, 0.05) is 12.4 Å². The molecule has 84 valence electrons. The maximum absolute atomic E-state index is 8.74. The number of rotatable bonds is 4. The van der Waals surface area contributed by atoms with Gasteiger partial charge in [0.05, 0.1) is 16.7 Å². The molecule has 0 saturated carbocycles. The molecule has 1 heterocycles. The van der Waals surface area contributed by atoms with Gasteiger partial charge < -0.3 is 5.11 Å². The molecule has 1 N–H and O–H groups in total. The van der Waals surface area contributed by atoms with Crippen molar-refractivity contribution in [2.24, 2.45) is 0 Å². The number of para-hydroxylation sites is 2. The molecule has 1 aromatic heterocycles. The van der Waals surface area contributed by atoms with Gasteiger partial charge in [0.25, 0.3) is 0 Å². The second-order valence-corrected chi connectivity index (χ2v) is 4.61. The molecule has 1 aromatic carbocycles. The van der Waals surface area contributed by atoms with Gasteiger partial charge >= 0.3 is 0 Å². The predicted molar refractivity (Wildman–Crippen MR) is 66.7 cm³/mol. The van der Waals surface area contributed by atoms with Crippen LogP contribution in [0.25, 0.3) is 11.0 Å². The van der Waals surface area contributed by atoms with Crippen molar-refractivity contribution in [1.29, 1.82) is 0 Å². The van der Waals surface area contributed by atoms with Gasteiger partial charge in [-0.3, -0.25) is 0 Å². The summed E-state index contributed by atoms with van der Waals surface area (Å²) in [6.07, 6.45) is 0.790. The number of aromatic nitrogens is 2. The molecule has 0 spiro atoms. The van der Waals surface area contributed by atoms with Crippen LogP contribution in [0.15, 0.2) is 29.3 Å². The molecule has 16 heavy (non-hydrogen) atoms. The van der Waals surface area contributed by atoms with Gasteiger partial charge in [-0.25, -0.2) is 9.97 Å². The summed E-state index contributed by atoms with van der Waals surface area (Å²) in [7, 11) is 0. The van der Waals surface area contributed by atoms with Crippen LogP contribution in [0.3, 0.4) is 0 Å². The van der Waals surface area contributed by atoms with Gasteiger partial charge in [0.15, 0.2) is 0 Å². The summed E-state index contributed by atoms with van der Waals surface area (Å²) in [4.78, 5) is 9.07. The van der Waals surface area contributed by atoms with Crippen molar-refractivity contribution in [1.82, 2.24) is 9.97 Å². The van der Waals surface area contributed by atoms with Crippen LogP contribution in [0.5, 0.6) is 0 Å². The highest BCUT2D eigenvalue weighted by atomic mass is 32.2. The molecule has 0 amide bonds. The Bertz CT molecular complexity index is 487. The molecule has 3 nitrogen and oxygen atoms in total. The van der Waals surface area contributed by atoms with Crippen LogP contribution in [0.2, 0.25) is 0 Å². The van der Waals surface area contributed by atoms with E-state index in [2.05, 4.69) is 9.97 Å². The fraction of sp³-hybridized carbons (Fsp3) is 0.333. The Balaban J connectivity index is 2.27. The summed E-state index contributed by atoms with van der Waals surface area (Å²) in [6, 6.07) is 7.87. The molecule has 0 aliphatic rings. The molecule has 0 aliphatic carbocycles. The maximum atomic E-state index is 8.74. The first-order chi connectivity index (χ1) is 7.81. The SMILES string of the molecule is Cc1nc2ccccc2nc1SCCCO. The third kappa shape index (κ3) is 2.51. The lowest BCUT2D eigenvalue weighted by atomic mass is 10.3. The van der Waals surface area contributed by atoms with Crippen molar-refractivity contribution >= 4 is 22.8 Å². The lowest BCUT2D eigenvalue weighted by Crippen LogP contribution is -1.94. The fourth-order valence-corrected chi connectivity index (χ4v) is 2.33. The molecular weight excluding hydrogens is 220 g/mol. The van der Waals surface area contributed by atoms with Crippen LogP contribution in [0.1, 0.15) is 12.1 Å². The number of hydrogen-bond acceptors (Lipinski definition) is 4. The van der Waals surface area contributed by atoms with Gasteiger partial charge in [0.1, 0.15) is 5.03 Å². The van der Waals surface area contributed by atoms with E-state index in [1.165, 1.54) is 0 Å². The van der Waals surface area contributed by atoms with E-state index in [9.17, 15) is 0 Å². The van der Waals surface area contributed by atoms with Crippen LogP contribution in [-0.2, 0) is 0 Å². The van der Waals surface area contributed by atoms with Crippen molar-refractivity contribution in [2.75, 3.05) is 12.4 Å². The second kappa shape index (κ2) is 5.27. The zero-order chi connectivity index (χ0) is 11.4. The van der Waals surface area contributed by atoms with E-state index in [1.807, 2.05) is 31.2 Å². The maximum Gasteiger partial charge on any atom is 0.118 e. The number of aliphatic hydroxyl groups is 1. The Hall–Kier alpha value is -1.13. The predicted octanol–water partition coefficient (Wildman–Crippen LogP) is 2.41. The molecule has 0 radical (unpaired) electrons. The molecule has 0 aliphatic heterocycles. The molecule has 0 bridgehead atoms. The van der Waals surface area contributed by atoms with Crippen molar-refractivity contribution in [3.05, 3.63) is 30.0 Å². The molecule has 4 heteroatoms. The summed E-state index contributed by atoms with van der Waals surface area (Å²) in [6.45, 7) is 2.20. The monoisotopic (exact) mass is 234 g/mol. The van der Waals surface area contributed by atoms with Crippen LogP contribution in [-0.4, -0.2) is 27.4 Å². The van der Waals surface area contributed by atoms with E-state index in [4.69, 9.17) is 5.11 Å². The zero-order valence-electron chi connectivity index (χ0n) is 9.18. The van der Waals surface area contributed by atoms with Crippen molar-refractivity contribution in [3.8, 4) is 0 Å². The number of thioether (sulfide) groups is 1. The van der Waals surface area contributed by atoms with E-state index in [-0.39, 0.29) is 6.61 Å². The summed E-state index contributed by atoms with van der Waals surface area (Å²) in [5.41, 5.74) is 2.83. The third-order valence-corrected chi connectivity index (χ3v) is 3.40. The summed E-state index contributed by atoms with van der Waals surface area (Å²) < 4.78 is 0. The first kappa shape index (κ1) is 11.4. The van der Waals surface area contributed by atoms with Crippen molar-refractivity contribution in [3.63, 3.8) is 0 Å². The lowest BCUT2D eigenvalue weighted by Gasteiger charge is -2.05. The number of aryl methyl sites for hydroxylation is 1. The standard InChI is InChI=1S/C12H14N2OS/c1-9-12(16-8-4-7-15)14-11-6-3-2-5-10(11)13-9/h2-3,5-6,15H,4,7-8H2,1H3. The smallest absolute Gasteiger partial charge is 0.118 e. The Morgan fingerprint density at radius 1 is 1.19 bits per heavy atom. The topological polar surface area (TPSA) is 46.0 Å². The molecule has 0 saturated heterocycles. The van der Waals surface area contributed by atoms with Crippen molar-refractivity contribution < 1.29 is 5.11 Å². The molecule has 2 rings (SSSR count). The fourth-order valence-electron chi connectivity index (χ4n) is 1.44. The average Bonchev–Trinajstić information content (AvgIpc) is 2.30. The minimum atomic E-state index is 0.229. The molecule has 0 unspecified atom stereocenters. The second-order valence-electron chi connectivity index (χ2n) is 3.53. The third-order valence-electron chi connectivity index (χ3n) is 2.24. The van der Waals surface area contributed by atoms with E-state index >= 15 is 0 Å². The van der Waals surface area contributed by atoms with E-state index in [0.29, 0.717) is 0 Å². The Kier molecular flexibility index (Phi) is 3.74. The highest BCUT2D eigenvalue weighted by Crippen LogP contribution is 2.22. The minimum absolute atomic E-state index is 0.229. The number of nitrogens with zero attached hydrogens (tertiary/aromatic N) is 2. The van der Waals surface area contributed by atoms with E-state index in [0.717, 1.165) is 33.9 Å². The van der Waals surface area contributed by atoms with Crippen LogP contribution in [0, 0.1) is 6.92 Å². The first-order valence-corrected chi connectivity index (χ1v) is 6.27. The first-order valence-electron chi connectivity index (χ1n) is 5.28. The van der Waals surface area contributed by atoms with Crippen LogP contribution >= 0.6 is 11.8 Å². The molecule has 0 fully saturated rings. The van der Waals surface area contributed by atoms with Gasteiger partial charge in [-0.05, 0) is 25.5 Å². The lowest BCUT2D eigenvalue weighted by molar-refractivity contribution is 0.296. The number of hydrogen-bond donors (Lipinski definition) is 1. The van der Waals surface area contributed by atoms with Gasteiger partial charge in [-0.2, -0.15) is 0 Å². The molecule has 2 aromatic rings. The summed E-state index contributed by atoms with van der Waals surface area (Å²) in [5, 5.41) is 9.70. The van der Waals surface area contributed by atoms with Gasteiger partial charge in [-0.15, -0.1) is 11.8 Å². The summed E-state index contributed by atoms with van der Waals surface area (Å²) >= 11 is 1.65. The number of benzene rings is 1. The van der Waals surface area contributed by atoms with Crippen LogP contribution in [0.4, 0.5) is 0 Å². The van der Waals surface area contributed by atoms with Crippen LogP contribution < -0.4 is 0 Å². The Morgan fingerprint density at radius 3 is 2.56 bits per heavy atom. The number of fused-ring (bicyclic) bond motifs is 1. The zero-order valence-corrected chi connectivity index (χ0v) is 10.00.